The molecule has 1 rings (SSSR count). The monoisotopic (exact) mass is 324 g/mol. The van der Waals surface area contributed by atoms with Gasteiger partial charge in [-0.05, 0) is 0 Å². The van der Waals surface area contributed by atoms with Crippen LogP contribution < -0.4 is 0 Å². The van der Waals surface area contributed by atoms with E-state index in [0.29, 0.717) is 0 Å². The molecule has 0 spiro atoms. The fraction of sp³-hybridized carbons (Fsp3) is 0.467. The summed E-state index contributed by atoms with van der Waals surface area (Å²) >= 11 is -1.62. The molecular formula is C15H24Sn. The van der Waals surface area contributed by atoms with Gasteiger partial charge in [-0.3, -0.25) is 0 Å². The van der Waals surface area contributed by atoms with Gasteiger partial charge in [-0.2, -0.15) is 0 Å². The molecule has 0 aliphatic rings. The first-order valence-electron chi connectivity index (χ1n) is 6.04. The fourth-order valence-corrected chi connectivity index (χ4v) is 4.03. The van der Waals surface area contributed by atoms with Crippen LogP contribution in [0.3, 0.4) is 0 Å². The normalized spacial score (nSPS) is 13.3. The summed E-state index contributed by atoms with van der Waals surface area (Å²) in [5.41, 5.74) is 1.56. The van der Waals surface area contributed by atoms with Gasteiger partial charge in [-0.25, -0.2) is 0 Å². The molecule has 0 saturated heterocycles. The third-order valence-corrected chi connectivity index (χ3v) is 6.95. The zero-order chi connectivity index (χ0) is 12.2. The van der Waals surface area contributed by atoms with Crippen LogP contribution in [-0.2, 0) is 5.41 Å². The maximum absolute atomic E-state index is 2.48. The van der Waals surface area contributed by atoms with Crippen LogP contribution in [0, 0.1) is 0 Å². The average molecular weight is 323 g/mol. The molecule has 1 aromatic carbocycles. The van der Waals surface area contributed by atoms with Crippen molar-refractivity contribution in [2.45, 2.75) is 38.5 Å². The van der Waals surface area contributed by atoms with Crippen molar-refractivity contribution in [1.29, 1.82) is 0 Å². The number of hydrogen-bond donors (Lipinski definition) is 0. The van der Waals surface area contributed by atoms with Gasteiger partial charge in [-0.15, -0.1) is 0 Å². The second kappa shape index (κ2) is 5.39. The summed E-state index contributed by atoms with van der Waals surface area (Å²) in [5, 5.41) is 0. The molecule has 0 radical (unpaired) electrons. The maximum atomic E-state index is 2.48. The summed E-state index contributed by atoms with van der Waals surface area (Å²) < 4.78 is 1.34. The van der Waals surface area contributed by atoms with Gasteiger partial charge in [0.05, 0.1) is 0 Å². The van der Waals surface area contributed by atoms with Crippen molar-refractivity contribution in [1.82, 2.24) is 0 Å². The minimum atomic E-state index is -1.62. The first-order valence-corrected chi connectivity index (χ1v) is 16.6. The predicted octanol–water partition coefficient (Wildman–Crippen LogP) is 4.86. The van der Waals surface area contributed by atoms with E-state index < -0.39 is 18.4 Å². The van der Waals surface area contributed by atoms with E-state index >= 15 is 0 Å². The standard InChI is InChI=1S/C12H15.3CH3.Sn/c1-4-10-12(2,3)11-8-6-5-7-9-11;;;;/h4-10H,1H2,2-3H3;3*1H3;. The third-order valence-electron chi connectivity index (χ3n) is 2.78. The average Bonchev–Trinajstić information content (AvgIpc) is 2.17. The molecule has 0 fully saturated rings. The molecule has 16 heavy (non-hydrogen) atoms. The zero-order valence-corrected chi connectivity index (χ0v) is 14.1. The summed E-state index contributed by atoms with van der Waals surface area (Å²) in [6.45, 7) is 4.58. The molecule has 1 heteroatoms. The molecule has 0 heterocycles. The molecule has 1 aromatic rings. The van der Waals surface area contributed by atoms with Gasteiger partial charge in [-0.1, -0.05) is 0 Å². The Kier molecular flexibility index (Phi) is 4.66. The minimum absolute atomic E-state index is 0.165. The Morgan fingerprint density at radius 3 is 2.12 bits per heavy atom. The Hall–Kier alpha value is -0.241. The molecule has 0 aliphatic heterocycles. The summed E-state index contributed by atoms with van der Waals surface area (Å²) in [6, 6.07) is 10.7. The molecule has 0 aromatic heterocycles. The SMILES string of the molecule is CC(C)(C=C[CH2][Sn]([CH3])([CH3])[CH3])c1ccccc1. The molecule has 0 saturated carbocycles. The number of hydrogen-bond acceptors (Lipinski definition) is 0. The second-order valence-corrected chi connectivity index (χ2v) is 22.0. The fourth-order valence-electron chi connectivity index (χ4n) is 1.67. The summed E-state index contributed by atoms with van der Waals surface area (Å²) in [5.74, 6) is 0. The zero-order valence-electron chi connectivity index (χ0n) is 11.2. The molecule has 0 N–H and O–H groups in total. The van der Waals surface area contributed by atoms with Gasteiger partial charge in [0.25, 0.3) is 0 Å². The van der Waals surface area contributed by atoms with Gasteiger partial charge in [0.1, 0.15) is 0 Å². The Labute approximate surface area is 105 Å². The van der Waals surface area contributed by atoms with Crippen LogP contribution in [0.1, 0.15) is 19.4 Å². The summed E-state index contributed by atoms with van der Waals surface area (Å²) in [4.78, 5) is 7.44. The quantitative estimate of drug-likeness (QED) is 0.548. The second-order valence-electron chi connectivity index (χ2n) is 6.25. The van der Waals surface area contributed by atoms with Crippen molar-refractivity contribution < 1.29 is 0 Å². The van der Waals surface area contributed by atoms with E-state index in [0.717, 1.165) is 0 Å². The van der Waals surface area contributed by atoms with E-state index in [1.54, 1.807) is 0 Å². The van der Waals surface area contributed by atoms with E-state index in [9.17, 15) is 0 Å². The van der Waals surface area contributed by atoms with E-state index in [1.807, 2.05) is 0 Å². The molecule has 0 amide bonds. The molecule has 0 bridgehead atoms. The van der Waals surface area contributed by atoms with Crippen LogP contribution in [0.2, 0.25) is 19.3 Å². The van der Waals surface area contributed by atoms with Gasteiger partial charge >= 0.3 is 105 Å². The molecule has 0 unspecified atom stereocenters. The van der Waals surface area contributed by atoms with Crippen LogP contribution >= 0.6 is 0 Å². The molecule has 0 atom stereocenters. The van der Waals surface area contributed by atoms with Gasteiger partial charge in [0, 0.05) is 0 Å². The van der Waals surface area contributed by atoms with Crippen molar-refractivity contribution in [3.8, 4) is 0 Å². The number of allylic oxidation sites excluding steroid dienone is 2. The molecule has 0 nitrogen and oxygen atoms in total. The molecule has 0 aliphatic carbocycles. The van der Waals surface area contributed by atoms with Crippen molar-refractivity contribution in [3.05, 3.63) is 48.0 Å². The molecule has 88 valence electrons. The summed E-state index contributed by atoms with van der Waals surface area (Å²) in [6.07, 6.45) is 4.79. The summed E-state index contributed by atoms with van der Waals surface area (Å²) in [7, 11) is 0. The van der Waals surface area contributed by atoms with Gasteiger partial charge in [0.15, 0.2) is 0 Å². The third kappa shape index (κ3) is 4.73. The van der Waals surface area contributed by atoms with Gasteiger partial charge < -0.3 is 0 Å². The van der Waals surface area contributed by atoms with E-state index in [-0.39, 0.29) is 5.41 Å². The Morgan fingerprint density at radius 2 is 1.62 bits per heavy atom. The predicted molar refractivity (Wildman–Crippen MR) is 76.8 cm³/mol. The van der Waals surface area contributed by atoms with Crippen molar-refractivity contribution in [3.63, 3.8) is 0 Å². The number of benzene rings is 1. The Bertz CT molecular complexity index is 341. The molecular weight excluding hydrogens is 299 g/mol. The Balaban J connectivity index is 2.73. The van der Waals surface area contributed by atoms with E-state index in [4.69, 9.17) is 0 Å². The Morgan fingerprint density at radius 1 is 1.06 bits per heavy atom. The van der Waals surface area contributed by atoms with E-state index in [2.05, 4.69) is 71.2 Å². The van der Waals surface area contributed by atoms with Crippen molar-refractivity contribution in [2.24, 2.45) is 0 Å². The first kappa shape index (κ1) is 13.8. The van der Waals surface area contributed by atoms with Crippen LogP contribution in [0.4, 0.5) is 0 Å². The topological polar surface area (TPSA) is 0 Å². The van der Waals surface area contributed by atoms with Crippen molar-refractivity contribution in [2.75, 3.05) is 0 Å². The van der Waals surface area contributed by atoms with Crippen LogP contribution in [0.5, 0.6) is 0 Å². The van der Waals surface area contributed by atoms with E-state index in [1.165, 1.54) is 10.0 Å². The van der Waals surface area contributed by atoms with Crippen LogP contribution in [0.15, 0.2) is 42.5 Å². The van der Waals surface area contributed by atoms with Gasteiger partial charge in [0.2, 0.25) is 0 Å². The van der Waals surface area contributed by atoms with Crippen LogP contribution in [0.25, 0.3) is 0 Å². The van der Waals surface area contributed by atoms with Crippen molar-refractivity contribution >= 4 is 18.4 Å². The first-order chi connectivity index (χ1) is 7.31. The number of rotatable bonds is 4. The van der Waals surface area contributed by atoms with Crippen LogP contribution in [-0.4, -0.2) is 18.4 Å².